The van der Waals surface area contributed by atoms with Gasteiger partial charge in [-0.1, -0.05) is 12.8 Å². The molecule has 0 spiro atoms. The van der Waals surface area contributed by atoms with Crippen molar-refractivity contribution < 1.29 is 4.39 Å². The SMILES string of the molecule is NCCC(F)C1CCCC1. The smallest absolute Gasteiger partial charge is 0.104 e. The number of hydrogen-bond donors (Lipinski definition) is 1. The fourth-order valence-electron chi connectivity index (χ4n) is 1.71. The summed E-state index contributed by atoms with van der Waals surface area (Å²) in [6.07, 6.45) is 4.55. The summed E-state index contributed by atoms with van der Waals surface area (Å²) >= 11 is 0. The molecule has 1 rings (SSSR count). The van der Waals surface area contributed by atoms with E-state index < -0.39 is 6.17 Å². The minimum Gasteiger partial charge on any atom is -0.330 e. The van der Waals surface area contributed by atoms with E-state index in [1.54, 1.807) is 0 Å². The van der Waals surface area contributed by atoms with E-state index in [0.29, 0.717) is 18.9 Å². The lowest BCUT2D eigenvalue weighted by atomic mass is 10.00. The number of alkyl halides is 1. The number of rotatable bonds is 3. The van der Waals surface area contributed by atoms with Crippen molar-refractivity contribution in [3.05, 3.63) is 0 Å². The van der Waals surface area contributed by atoms with Crippen LogP contribution < -0.4 is 5.73 Å². The molecule has 0 aliphatic heterocycles. The number of nitrogens with two attached hydrogens (primary N) is 1. The van der Waals surface area contributed by atoms with Crippen molar-refractivity contribution in [1.29, 1.82) is 0 Å². The van der Waals surface area contributed by atoms with Gasteiger partial charge in [-0.05, 0) is 31.7 Å². The van der Waals surface area contributed by atoms with Crippen molar-refractivity contribution in [2.45, 2.75) is 38.3 Å². The molecule has 0 amide bonds. The molecule has 10 heavy (non-hydrogen) atoms. The number of halogens is 1. The Bertz CT molecular complexity index is 89.3. The van der Waals surface area contributed by atoms with Crippen molar-refractivity contribution in [3.8, 4) is 0 Å². The van der Waals surface area contributed by atoms with E-state index in [9.17, 15) is 4.39 Å². The fourth-order valence-corrected chi connectivity index (χ4v) is 1.71. The Morgan fingerprint density at radius 1 is 1.40 bits per heavy atom. The van der Waals surface area contributed by atoms with Gasteiger partial charge in [0, 0.05) is 0 Å². The molecular formula is C8H16FN. The van der Waals surface area contributed by atoms with E-state index in [1.165, 1.54) is 12.8 Å². The summed E-state index contributed by atoms with van der Waals surface area (Å²) in [7, 11) is 0. The van der Waals surface area contributed by atoms with E-state index in [-0.39, 0.29) is 0 Å². The first-order valence-electron chi connectivity index (χ1n) is 4.18. The van der Waals surface area contributed by atoms with Crippen LogP contribution in [0.3, 0.4) is 0 Å². The maximum atomic E-state index is 13.0. The molecule has 1 saturated carbocycles. The highest BCUT2D eigenvalue weighted by Gasteiger charge is 2.23. The molecular weight excluding hydrogens is 129 g/mol. The van der Waals surface area contributed by atoms with Crippen LogP contribution in [-0.4, -0.2) is 12.7 Å². The largest absolute Gasteiger partial charge is 0.330 e. The second kappa shape index (κ2) is 3.91. The first-order chi connectivity index (χ1) is 4.84. The molecule has 1 aliphatic rings. The average molecular weight is 145 g/mol. The molecule has 0 aromatic rings. The highest BCUT2D eigenvalue weighted by atomic mass is 19.1. The van der Waals surface area contributed by atoms with Crippen LogP contribution >= 0.6 is 0 Å². The predicted molar refractivity (Wildman–Crippen MR) is 40.5 cm³/mol. The molecule has 1 unspecified atom stereocenters. The molecule has 0 saturated heterocycles. The van der Waals surface area contributed by atoms with E-state index in [4.69, 9.17) is 5.73 Å². The van der Waals surface area contributed by atoms with Gasteiger partial charge in [-0.2, -0.15) is 0 Å². The molecule has 0 aromatic heterocycles. The summed E-state index contributed by atoms with van der Waals surface area (Å²) in [5, 5.41) is 0. The molecule has 0 aromatic carbocycles. The Balaban J connectivity index is 2.18. The molecule has 0 bridgehead atoms. The second-order valence-electron chi connectivity index (χ2n) is 3.14. The van der Waals surface area contributed by atoms with E-state index in [0.717, 1.165) is 12.8 Å². The first-order valence-corrected chi connectivity index (χ1v) is 4.18. The molecule has 1 nitrogen and oxygen atoms in total. The number of hydrogen-bond acceptors (Lipinski definition) is 1. The van der Waals surface area contributed by atoms with Crippen LogP contribution in [0.2, 0.25) is 0 Å². The van der Waals surface area contributed by atoms with Gasteiger partial charge in [0.15, 0.2) is 0 Å². The summed E-state index contributed by atoms with van der Waals surface area (Å²) in [4.78, 5) is 0. The Kier molecular flexibility index (Phi) is 3.13. The Hall–Kier alpha value is -0.110. The van der Waals surface area contributed by atoms with E-state index in [2.05, 4.69) is 0 Å². The molecule has 0 radical (unpaired) electrons. The highest BCUT2D eigenvalue weighted by molar-refractivity contribution is 4.74. The van der Waals surface area contributed by atoms with Crippen molar-refractivity contribution >= 4 is 0 Å². The monoisotopic (exact) mass is 145 g/mol. The van der Waals surface area contributed by atoms with Crippen LogP contribution in [0.5, 0.6) is 0 Å². The molecule has 1 fully saturated rings. The third-order valence-corrected chi connectivity index (χ3v) is 2.35. The molecule has 1 aliphatic carbocycles. The normalized spacial score (nSPS) is 23.4. The third kappa shape index (κ3) is 1.94. The van der Waals surface area contributed by atoms with Crippen LogP contribution in [0.15, 0.2) is 0 Å². The predicted octanol–water partition coefficient (Wildman–Crippen LogP) is 1.86. The maximum Gasteiger partial charge on any atom is 0.104 e. The fraction of sp³-hybridized carbons (Fsp3) is 1.00. The van der Waals surface area contributed by atoms with Gasteiger partial charge in [-0.15, -0.1) is 0 Å². The van der Waals surface area contributed by atoms with Crippen LogP contribution in [-0.2, 0) is 0 Å². The standard InChI is InChI=1S/C8H16FN/c9-8(5-6-10)7-3-1-2-4-7/h7-8H,1-6,10H2. The molecule has 2 N–H and O–H groups in total. The van der Waals surface area contributed by atoms with E-state index >= 15 is 0 Å². The van der Waals surface area contributed by atoms with Crippen molar-refractivity contribution in [3.63, 3.8) is 0 Å². The topological polar surface area (TPSA) is 26.0 Å². The highest BCUT2D eigenvalue weighted by Crippen LogP contribution is 2.30. The zero-order chi connectivity index (χ0) is 7.40. The quantitative estimate of drug-likeness (QED) is 0.644. The van der Waals surface area contributed by atoms with Gasteiger partial charge in [0.05, 0.1) is 0 Å². The van der Waals surface area contributed by atoms with Gasteiger partial charge in [0.25, 0.3) is 0 Å². The molecule has 0 heterocycles. The van der Waals surface area contributed by atoms with Crippen molar-refractivity contribution in [2.75, 3.05) is 6.54 Å². The lowest BCUT2D eigenvalue weighted by Crippen LogP contribution is -2.16. The van der Waals surface area contributed by atoms with Gasteiger partial charge >= 0.3 is 0 Å². The first kappa shape index (κ1) is 7.99. The van der Waals surface area contributed by atoms with Crippen LogP contribution in [0.4, 0.5) is 4.39 Å². The van der Waals surface area contributed by atoms with Crippen molar-refractivity contribution in [2.24, 2.45) is 11.7 Å². The summed E-state index contributed by atoms with van der Waals surface area (Å²) < 4.78 is 13.0. The van der Waals surface area contributed by atoms with E-state index in [1.807, 2.05) is 0 Å². The zero-order valence-corrected chi connectivity index (χ0v) is 6.35. The second-order valence-corrected chi connectivity index (χ2v) is 3.14. The summed E-state index contributed by atoms with van der Waals surface area (Å²) in [6.45, 7) is 0.498. The molecule has 60 valence electrons. The molecule has 2 heteroatoms. The van der Waals surface area contributed by atoms with Crippen LogP contribution in [0, 0.1) is 5.92 Å². The average Bonchev–Trinajstić information content (AvgIpc) is 2.38. The van der Waals surface area contributed by atoms with Gasteiger partial charge in [-0.25, -0.2) is 4.39 Å². The third-order valence-electron chi connectivity index (χ3n) is 2.35. The van der Waals surface area contributed by atoms with Gasteiger partial charge in [0.1, 0.15) is 6.17 Å². The minimum atomic E-state index is -0.618. The van der Waals surface area contributed by atoms with Gasteiger partial charge in [0.2, 0.25) is 0 Å². The van der Waals surface area contributed by atoms with Gasteiger partial charge < -0.3 is 5.73 Å². The Morgan fingerprint density at radius 3 is 2.50 bits per heavy atom. The zero-order valence-electron chi connectivity index (χ0n) is 6.35. The summed E-state index contributed by atoms with van der Waals surface area (Å²) in [5.74, 6) is 0.337. The molecule has 1 atom stereocenters. The lowest BCUT2D eigenvalue weighted by molar-refractivity contribution is 0.220. The van der Waals surface area contributed by atoms with Crippen LogP contribution in [0.25, 0.3) is 0 Å². The summed E-state index contributed by atoms with van der Waals surface area (Å²) in [5.41, 5.74) is 5.26. The summed E-state index contributed by atoms with van der Waals surface area (Å²) in [6, 6.07) is 0. The Morgan fingerprint density at radius 2 is 2.00 bits per heavy atom. The Labute approximate surface area is 61.8 Å². The lowest BCUT2D eigenvalue weighted by Gasteiger charge is -2.13. The van der Waals surface area contributed by atoms with Crippen molar-refractivity contribution in [1.82, 2.24) is 0 Å². The maximum absolute atomic E-state index is 13.0. The van der Waals surface area contributed by atoms with Crippen LogP contribution in [0.1, 0.15) is 32.1 Å². The van der Waals surface area contributed by atoms with Gasteiger partial charge in [-0.3, -0.25) is 0 Å². The minimum absolute atomic E-state index is 0.337.